The molecule has 0 bridgehead atoms. The summed E-state index contributed by atoms with van der Waals surface area (Å²) in [5.41, 5.74) is 3.58. The molecule has 12 N–H and O–H groups in total. The van der Waals surface area contributed by atoms with Gasteiger partial charge in [-0.05, 0) is 194 Å². The second kappa shape index (κ2) is 40.2. The number of ether oxygens (including phenoxy) is 7. The highest BCUT2D eigenvalue weighted by atomic mass is 35.5. The van der Waals surface area contributed by atoms with Crippen molar-refractivity contribution in [2.75, 3.05) is 35.5 Å². The van der Waals surface area contributed by atoms with Crippen molar-refractivity contribution in [3.8, 4) is 63.8 Å². The van der Waals surface area contributed by atoms with Crippen molar-refractivity contribution in [2.45, 2.75) is 25.9 Å². The fourth-order valence-electron chi connectivity index (χ4n) is 11.6. The van der Waals surface area contributed by atoms with Gasteiger partial charge in [-0.3, -0.25) is 19.2 Å². The van der Waals surface area contributed by atoms with E-state index in [9.17, 15) is 74.8 Å². The molecule has 0 aliphatic rings. The third-order valence-electron chi connectivity index (χ3n) is 17.7. The van der Waals surface area contributed by atoms with Gasteiger partial charge in [0, 0.05) is 34.9 Å². The summed E-state index contributed by atoms with van der Waals surface area (Å²) in [6, 6.07) is 67.2. The number of nitrogens with two attached hydrogens (primary N) is 4. The van der Waals surface area contributed by atoms with Crippen LogP contribution in [0.2, 0.25) is 5.02 Å². The minimum Gasteiger partial charge on any atom is -0.497 e. The van der Waals surface area contributed by atoms with Gasteiger partial charge in [-0.15, -0.1) is 13.2 Å². The zero-order valence-corrected chi connectivity index (χ0v) is 71.6. The van der Waals surface area contributed by atoms with Gasteiger partial charge in [0.15, 0.2) is 34.3 Å². The van der Waals surface area contributed by atoms with E-state index in [1.807, 2.05) is 0 Å². The number of nitrogens with one attached hydrogen (secondary N) is 4. The van der Waals surface area contributed by atoms with E-state index in [0.29, 0.717) is 49.9 Å². The van der Waals surface area contributed by atoms with Gasteiger partial charge in [-0.1, -0.05) is 84.4 Å². The second-order valence-corrected chi connectivity index (χ2v) is 33.7. The van der Waals surface area contributed by atoms with Crippen LogP contribution in [-0.2, 0) is 40.1 Å². The summed E-state index contributed by atoms with van der Waals surface area (Å²) in [6.45, 7) is 0. The molecule has 0 spiro atoms. The van der Waals surface area contributed by atoms with E-state index in [2.05, 4.69) is 65.9 Å². The molecule has 4 amide bonds. The van der Waals surface area contributed by atoms with Gasteiger partial charge in [0.05, 0.1) is 83.0 Å². The Morgan fingerprint density at radius 2 is 0.576 bits per heavy atom. The Morgan fingerprint density at radius 3 is 0.871 bits per heavy atom. The molecule has 0 aliphatic heterocycles. The molecule has 0 unspecified atom stereocenters. The first-order valence-corrected chi connectivity index (χ1v) is 44.2. The number of para-hydroxylation sites is 8. The number of carbonyl (C=O) groups excluding carboxylic acids is 4. The number of hydrogen-bond donors (Lipinski definition) is 8. The predicted octanol–water partition coefficient (Wildman–Crippen LogP) is 15.1. The first-order chi connectivity index (χ1) is 62.7. The summed E-state index contributed by atoms with van der Waals surface area (Å²) in [4.78, 5) is 86.3. The number of aromatic nitrogens is 8. The number of nitrogens with zero attached hydrogens (tertiary/aromatic N) is 8. The number of primary sulfonamides is 4. The van der Waals surface area contributed by atoms with Crippen LogP contribution < -0.4 is 75.0 Å². The largest absolute Gasteiger partial charge is 0.573 e. The summed E-state index contributed by atoms with van der Waals surface area (Å²) >= 11 is 6.28. The summed E-state index contributed by atoms with van der Waals surface area (Å²) in [5, 5.41) is 31.1. The molecule has 0 aliphatic carbocycles. The Kier molecular flexibility index (Phi) is 28.5. The van der Waals surface area contributed by atoms with Crippen LogP contribution in [0.5, 0.6) is 63.8 Å². The van der Waals surface area contributed by atoms with Crippen LogP contribution in [0.15, 0.2) is 299 Å². The summed E-state index contributed by atoms with van der Waals surface area (Å²) in [7, 11) is -13.0. The SMILES string of the molecule is COc1cc(F)ccc1Oc1nc2ccccc2nc1C(=O)Nc1cccc(S(N)(=O)=O)c1.COc1ccc(Oc2nc3ccccc3nc2C(=O)Nc2cccc(S(N)(=O)=O)c2)c(Cl)c1.NS(=O)(=O)c1cccc(NC(=O)c2nc3ccccc3nc2Oc2ccc(F)cc2)c1.NS(=O)(=O)c1cccc(NC(=O)c2nc3ccccc3nc2Oc2ccc(OC(F)(F)F)cc2)c1. The number of halogens is 6. The molecule has 16 rings (SSSR count). The minimum absolute atomic E-state index is 0.0642. The Balaban J connectivity index is 0.000000150. The monoisotopic (exact) mass is 1890 g/mol. The smallest absolute Gasteiger partial charge is 0.497 e. The number of sulfonamides is 4. The Labute approximate surface area is 749 Å². The van der Waals surface area contributed by atoms with E-state index in [-0.39, 0.29) is 122 Å². The molecule has 4 aromatic heterocycles. The summed E-state index contributed by atoms with van der Waals surface area (Å²) in [6.07, 6.45) is -4.85. The van der Waals surface area contributed by atoms with E-state index in [1.165, 1.54) is 160 Å². The van der Waals surface area contributed by atoms with Gasteiger partial charge in [0.25, 0.3) is 47.1 Å². The molecule has 132 heavy (non-hydrogen) atoms. The molecule has 0 fully saturated rings. The Bertz CT molecular complexity index is 7650. The van der Waals surface area contributed by atoms with E-state index < -0.39 is 87.5 Å². The second-order valence-electron chi connectivity index (χ2n) is 27.0. The fraction of sp³-hybridized carbons (Fsp3) is 0.0345. The minimum atomic E-state index is -4.85. The van der Waals surface area contributed by atoms with E-state index >= 15 is 0 Å². The number of alkyl halides is 3. The van der Waals surface area contributed by atoms with Gasteiger partial charge in [0.2, 0.25) is 40.1 Å². The normalized spacial score (nSPS) is 11.4. The highest BCUT2D eigenvalue weighted by Crippen LogP contribution is 2.38. The van der Waals surface area contributed by atoms with Crippen LogP contribution in [0.1, 0.15) is 42.0 Å². The number of anilines is 4. The quantitative estimate of drug-likeness (QED) is 0.0276. The molecular formula is C87H64ClF5N16O19S4. The lowest BCUT2D eigenvalue weighted by Crippen LogP contribution is -2.17. The van der Waals surface area contributed by atoms with E-state index in [1.54, 1.807) is 115 Å². The predicted molar refractivity (Wildman–Crippen MR) is 472 cm³/mol. The van der Waals surface area contributed by atoms with Crippen molar-refractivity contribution in [3.05, 3.63) is 318 Å². The molecule has 45 heteroatoms. The van der Waals surface area contributed by atoms with Crippen LogP contribution in [0.25, 0.3) is 44.1 Å². The topological polar surface area (TPSA) is 525 Å². The van der Waals surface area contributed by atoms with Crippen molar-refractivity contribution in [2.24, 2.45) is 20.6 Å². The van der Waals surface area contributed by atoms with Crippen molar-refractivity contribution in [1.82, 2.24) is 39.9 Å². The number of benzene rings is 12. The van der Waals surface area contributed by atoms with Crippen LogP contribution in [0, 0.1) is 11.6 Å². The third kappa shape index (κ3) is 24.7. The zero-order valence-electron chi connectivity index (χ0n) is 67.6. The van der Waals surface area contributed by atoms with Gasteiger partial charge < -0.3 is 54.4 Å². The van der Waals surface area contributed by atoms with Crippen LogP contribution in [-0.4, -0.2) is 118 Å². The van der Waals surface area contributed by atoms with Crippen molar-refractivity contribution in [3.63, 3.8) is 0 Å². The first kappa shape index (κ1) is 93.7. The number of hydrogen-bond acceptors (Lipinski definition) is 27. The lowest BCUT2D eigenvalue weighted by molar-refractivity contribution is -0.274. The number of rotatable bonds is 23. The van der Waals surface area contributed by atoms with Crippen molar-refractivity contribution < 1.29 is 108 Å². The maximum absolute atomic E-state index is 13.6. The molecule has 0 saturated carbocycles. The molecule has 12 aromatic carbocycles. The zero-order chi connectivity index (χ0) is 94.4. The third-order valence-corrected chi connectivity index (χ3v) is 21.6. The fourth-order valence-corrected chi connectivity index (χ4v) is 14.1. The lowest BCUT2D eigenvalue weighted by Gasteiger charge is -2.13. The van der Waals surface area contributed by atoms with Crippen LogP contribution in [0.3, 0.4) is 0 Å². The van der Waals surface area contributed by atoms with Crippen molar-refractivity contribution in [1.29, 1.82) is 0 Å². The van der Waals surface area contributed by atoms with Gasteiger partial charge in [-0.25, -0.2) is 103 Å². The van der Waals surface area contributed by atoms with Gasteiger partial charge in [0.1, 0.15) is 40.4 Å². The molecule has 0 atom stereocenters. The number of fused-ring (bicyclic) bond motifs is 4. The molecule has 0 radical (unpaired) electrons. The Hall–Kier alpha value is -15.9. The van der Waals surface area contributed by atoms with Crippen LogP contribution >= 0.6 is 11.6 Å². The summed E-state index contributed by atoms with van der Waals surface area (Å²) in [5.74, 6) is -3.51. The summed E-state index contributed by atoms with van der Waals surface area (Å²) < 4.78 is 194. The number of methoxy groups -OCH3 is 2. The molecule has 35 nitrogen and oxygen atoms in total. The Morgan fingerprint density at radius 1 is 0.303 bits per heavy atom. The molecule has 0 saturated heterocycles. The average Bonchev–Trinajstić information content (AvgIpc) is 0.552. The van der Waals surface area contributed by atoms with E-state index in [0.717, 1.165) is 18.2 Å². The maximum atomic E-state index is 13.6. The number of amides is 4. The van der Waals surface area contributed by atoms with Gasteiger partial charge in [-0.2, -0.15) is 0 Å². The maximum Gasteiger partial charge on any atom is 0.573 e. The highest BCUT2D eigenvalue weighted by molar-refractivity contribution is 7.90. The average molecular weight is 1900 g/mol. The van der Waals surface area contributed by atoms with Crippen molar-refractivity contribution >= 4 is 142 Å². The van der Waals surface area contributed by atoms with Gasteiger partial charge >= 0.3 is 6.36 Å². The lowest BCUT2D eigenvalue weighted by atomic mass is 10.2. The molecule has 4 heterocycles. The van der Waals surface area contributed by atoms with Crippen LogP contribution in [0.4, 0.5) is 44.7 Å². The molecule has 672 valence electrons. The highest BCUT2D eigenvalue weighted by Gasteiger charge is 2.32. The standard InChI is InChI=1S/C22H17ClN4O5S.C22H15F3N4O5S.C22H17FN4O5S.C21H15FN4O4S/c1-31-14-9-10-19(16(23)12-14)32-22-20(26-17-7-2-3-8-18(17)27-22)21(28)25-13-5-4-6-15(11-13)33(24,29)30;23-22(24,25)34-15-10-8-14(9-11-15)33-21-19(28-17-6-1-2-7-18(17)29-21)20(30)27-13-4-3-5-16(12-13)35(26,31)32;1-31-19-11-13(23)9-10-18(19)32-22-20(26-16-7-2-3-8-17(16)27-22)21(28)25-14-5-4-6-15(12-14)33(24,29)30;22-13-8-10-15(11-9-13)30-21-19(25-17-6-1-2-7-18(17)26-21)20(27)24-14-4-3-5-16(12-14)31(23,28)29/h2-12H,1H3,(H,25,28)(H2,24,29,30);1-12H,(H,27,30)(H2,26,31,32);2-12H,1H3,(H,25,28)(H2,24,29,30);1-12H,(H,24,27)(H2,23,28,29). The first-order valence-electron chi connectivity index (χ1n) is 37.6. The molecule has 16 aromatic rings. The number of carbonyl (C=O) groups is 4. The molecular weight excluding hydrogens is 1830 g/mol. The van der Waals surface area contributed by atoms with E-state index in [4.69, 9.17) is 60.6 Å².